The molecular formula is C14H18NO3+. The summed E-state index contributed by atoms with van der Waals surface area (Å²) in [5.74, 6) is 0.568. The van der Waals surface area contributed by atoms with Gasteiger partial charge in [-0.25, -0.2) is 4.79 Å². The Labute approximate surface area is 107 Å². The summed E-state index contributed by atoms with van der Waals surface area (Å²) in [7, 11) is 1.66. The van der Waals surface area contributed by atoms with Crippen molar-refractivity contribution in [2.24, 2.45) is 0 Å². The van der Waals surface area contributed by atoms with Crippen molar-refractivity contribution in [1.29, 1.82) is 0 Å². The number of fused-ring (bicyclic) bond motifs is 1. The molecule has 1 aliphatic heterocycles. The molecule has 0 unspecified atom stereocenters. The number of quaternary nitrogens is 1. The van der Waals surface area contributed by atoms with Crippen LogP contribution < -0.4 is 10.1 Å². The lowest BCUT2D eigenvalue weighted by Gasteiger charge is -2.17. The van der Waals surface area contributed by atoms with Crippen molar-refractivity contribution in [3.63, 3.8) is 0 Å². The van der Waals surface area contributed by atoms with E-state index in [4.69, 9.17) is 9.47 Å². The van der Waals surface area contributed by atoms with Crippen molar-refractivity contribution >= 4 is 11.7 Å². The van der Waals surface area contributed by atoms with Gasteiger partial charge in [0.25, 0.3) is 0 Å². The fraction of sp³-hybridized carbons (Fsp3) is 0.357. The van der Waals surface area contributed by atoms with Crippen LogP contribution in [-0.4, -0.2) is 26.2 Å². The molecular weight excluding hydrogens is 230 g/mol. The van der Waals surface area contributed by atoms with Crippen molar-refractivity contribution in [3.8, 4) is 5.75 Å². The van der Waals surface area contributed by atoms with E-state index in [1.807, 2.05) is 18.2 Å². The maximum atomic E-state index is 11.5. The summed E-state index contributed by atoms with van der Waals surface area (Å²) in [5.41, 5.74) is 3.25. The van der Waals surface area contributed by atoms with Gasteiger partial charge >= 0.3 is 5.97 Å². The van der Waals surface area contributed by atoms with E-state index in [9.17, 15) is 4.79 Å². The summed E-state index contributed by atoms with van der Waals surface area (Å²) in [4.78, 5) is 11.5. The zero-order chi connectivity index (χ0) is 13.0. The van der Waals surface area contributed by atoms with Gasteiger partial charge in [-0.2, -0.15) is 0 Å². The van der Waals surface area contributed by atoms with Crippen LogP contribution in [0.25, 0.3) is 5.70 Å². The standard InChI is InChI=1S/C14H17NO3/c1-3-18-14(16)9-13-12-5-4-11(17-2)8-10(12)6-7-15-13/h4-5,8-9,15H,3,6-7H2,1-2H3/p+1. The highest BCUT2D eigenvalue weighted by Gasteiger charge is 2.19. The number of carbonyl (C=O) groups is 1. The molecule has 4 heteroatoms. The molecule has 96 valence electrons. The second-order valence-electron chi connectivity index (χ2n) is 4.12. The highest BCUT2D eigenvalue weighted by Crippen LogP contribution is 2.23. The Balaban J connectivity index is 2.30. The van der Waals surface area contributed by atoms with E-state index in [0.717, 1.165) is 30.0 Å². The first kappa shape index (κ1) is 12.6. The molecule has 0 saturated heterocycles. The molecule has 0 spiro atoms. The second kappa shape index (κ2) is 5.69. The Kier molecular flexibility index (Phi) is 3.99. The number of hydrogen-bond acceptors (Lipinski definition) is 3. The molecule has 1 aromatic rings. The number of benzene rings is 1. The van der Waals surface area contributed by atoms with E-state index in [0.29, 0.717) is 6.61 Å². The lowest BCUT2D eigenvalue weighted by atomic mass is 9.97. The Bertz CT molecular complexity index is 480. The van der Waals surface area contributed by atoms with E-state index in [1.165, 1.54) is 5.56 Å². The van der Waals surface area contributed by atoms with Crippen molar-refractivity contribution in [2.45, 2.75) is 13.3 Å². The van der Waals surface area contributed by atoms with Gasteiger partial charge in [-0.3, -0.25) is 0 Å². The van der Waals surface area contributed by atoms with Gasteiger partial charge in [0.1, 0.15) is 11.4 Å². The van der Waals surface area contributed by atoms with Crippen LogP contribution in [0, 0.1) is 0 Å². The minimum Gasteiger partial charge on any atom is -0.497 e. The number of ether oxygens (including phenoxy) is 2. The molecule has 1 aromatic carbocycles. The summed E-state index contributed by atoms with van der Waals surface area (Å²) in [6.45, 7) is 3.14. The van der Waals surface area contributed by atoms with Gasteiger partial charge in [0.05, 0.1) is 26.3 Å². The fourth-order valence-corrected chi connectivity index (χ4v) is 2.13. The highest BCUT2D eigenvalue weighted by molar-refractivity contribution is 5.89. The Morgan fingerprint density at radius 3 is 3.06 bits per heavy atom. The number of carbonyl (C=O) groups excluding carboxylic acids is 1. The van der Waals surface area contributed by atoms with Gasteiger partial charge in [-0.1, -0.05) is 0 Å². The third-order valence-electron chi connectivity index (χ3n) is 2.96. The second-order valence-corrected chi connectivity index (χ2v) is 4.12. The first-order chi connectivity index (χ1) is 8.74. The lowest BCUT2D eigenvalue weighted by Crippen LogP contribution is -2.83. The third-order valence-corrected chi connectivity index (χ3v) is 2.96. The predicted octanol–water partition coefficient (Wildman–Crippen LogP) is 0.719. The summed E-state index contributed by atoms with van der Waals surface area (Å²) in [6, 6.07) is 5.94. The third kappa shape index (κ3) is 2.71. The number of esters is 1. The highest BCUT2D eigenvalue weighted by atomic mass is 16.5. The van der Waals surface area contributed by atoms with Gasteiger partial charge in [0.2, 0.25) is 0 Å². The minimum absolute atomic E-state index is 0.285. The van der Waals surface area contributed by atoms with Crippen LogP contribution in [0.2, 0.25) is 0 Å². The van der Waals surface area contributed by atoms with Gasteiger partial charge in [0, 0.05) is 12.0 Å². The maximum Gasteiger partial charge on any atom is 0.336 e. The molecule has 0 atom stereocenters. The summed E-state index contributed by atoms with van der Waals surface area (Å²) >= 11 is 0. The smallest absolute Gasteiger partial charge is 0.336 e. The first-order valence-corrected chi connectivity index (χ1v) is 6.13. The number of nitrogens with two attached hydrogens (primary N) is 1. The SMILES string of the molecule is CCOC(=O)C=C1[NH2+]CCc2cc(OC)ccc21. The largest absolute Gasteiger partial charge is 0.497 e. The van der Waals surface area contributed by atoms with Crippen LogP contribution in [0.15, 0.2) is 24.3 Å². The Hall–Kier alpha value is -1.81. The minimum atomic E-state index is -0.285. The monoisotopic (exact) mass is 248 g/mol. The molecule has 0 bridgehead atoms. The number of hydrogen-bond donors (Lipinski definition) is 1. The molecule has 0 fully saturated rings. The van der Waals surface area contributed by atoms with E-state index >= 15 is 0 Å². The van der Waals surface area contributed by atoms with Gasteiger partial charge in [-0.15, -0.1) is 0 Å². The van der Waals surface area contributed by atoms with Gasteiger partial charge < -0.3 is 14.8 Å². The van der Waals surface area contributed by atoms with Crippen molar-refractivity contribution in [1.82, 2.24) is 0 Å². The van der Waals surface area contributed by atoms with Crippen LogP contribution in [0.3, 0.4) is 0 Å². The molecule has 2 rings (SSSR count). The number of methoxy groups -OCH3 is 1. The molecule has 0 radical (unpaired) electrons. The van der Waals surface area contributed by atoms with Crippen molar-refractivity contribution in [3.05, 3.63) is 35.4 Å². The molecule has 18 heavy (non-hydrogen) atoms. The summed E-state index contributed by atoms with van der Waals surface area (Å²) < 4.78 is 10.2. The maximum absolute atomic E-state index is 11.5. The molecule has 1 heterocycles. The molecule has 1 aliphatic rings. The van der Waals surface area contributed by atoms with Crippen LogP contribution in [-0.2, 0) is 16.0 Å². The lowest BCUT2D eigenvalue weighted by molar-refractivity contribution is -0.564. The van der Waals surface area contributed by atoms with Crippen LogP contribution in [0.5, 0.6) is 5.75 Å². The molecule has 4 nitrogen and oxygen atoms in total. The first-order valence-electron chi connectivity index (χ1n) is 6.13. The van der Waals surface area contributed by atoms with E-state index in [1.54, 1.807) is 20.1 Å². The predicted molar refractivity (Wildman–Crippen MR) is 68.1 cm³/mol. The Morgan fingerprint density at radius 2 is 2.33 bits per heavy atom. The number of rotatable bonds is 3. The normalized spacial score (nSPS) is 16.2. The molecule has 2 N–H and O–H groups in total. The molecule has 0 amide bonds. The molecule has 0 saturated carbocycles. The van der Waals surface area contributed by atoms with E-state index in [-0.39, 0.29) is 5.97 Å². The zero-order valence-electron chi connectivity index (χ0n) is 10.7. The van der Waals surface area contributed by atoms with Crippen molar-refractivity contribution < 1.29 is 19.6 Å². The van der Waals surface area contributed by atoms with Gasteiger partial charge in [0.15, 0.2) is 0 Å². The average molecular weight is 248 g/mol. The zero-order valence-corrected chi connectivity index (χ0v) is 10.7. The van der Waals surface area contributed by atoms with Crippen LogP contribution in [0.4, 0.5) is 0 Å². The average Bonchev–Trinajstić information content (AvgIpc) is 2.38. The topological polar surface area (TPSA) is 52.1 Å². The van der Waals surface area contributed by atoms with E-state index < -0.39 is 0 Å². The van der Waals surface area contributed by atoms with E-state index in [2.05, 4.69) is 5.32 Å². The summed E-state index contributed by atoms with van der Waals surface area (Å²) in [5, 5.41) is 2.08. The van der Waals surface area contributed by atoms with Gasteiger partial charge in [-0.05, 0) is 30.7 Å². The quantitative estimate of drug-likeness (QED) is 0.633. The fourth-order valence-electron chi connectivity index (χ4n) is 2.13. The molecule has 0 aromatic heterocycles. The molecule has 0 aliphatic carbocycles. The summed E-state index contributed by atoms with van der Waals surface area (Å²) in [6.07, 6.45) is 2.54. The Morgan fingerprint density at radius 1 is 1.50 bits per heavy atom. The van der Waals surface area contributed by atoms with Crippen LogP contribution >= 0.6 is 0 Å². The van der Waals surface area contributed by atoms with Crippen molar-refractivity contribution in [2.75, 3.05) is 20.3 Å². The van der Waals surface area contributed by atoms with Crippen LogP contribution in [0.1, 0.15) is 18.1 Å².